The number of hydrogen-bond acceptors (Lipinski definition) is 2. The summed E-state index contributed by atoms with van der Waals surface area (Å²) in [6.45, 7) is 7.41. The summed E-state index contributed by atoms with van der Waals surface area (Å²) < 4.78 is 6.05. The summed E-state index contributed by atoms with van der Waals surface area (Å²) in [5, 5.41) is 0. The van der Waals surface area contributed by atoms with Gasteiger partial charge >= 0.3 is 0 Å². The molecule has 0 N–H and O–H groups in total. The van der Waals surface area contributed by atoms with Gasteiger partial charge in [-0.05, 0) is 86.4 Å². The van der Waals surface area contributed by atoms with Crippen molar-refractivity contribution >= 4 is 5.78 Å². The molecule has 0 aliphatic heterocycles. The van der Waals surface area contributed by atoms with Gasteiger partial charge < -0.3 is 4.74 Å². The van der Waals surface area contributed by atoms with Crippen LogP contribution in [0, 0.1) is 34.5 Å². The van der Waals surface area contributed by atoms with E-state index in [-0.39, 0.29) is 5.60 Å². The fourth-order valence-corrected chi connectivity index (χ4v) is 7.61. The van der Waals surface area contributed by atoms with Crippen LogP contribution in [0.3, 0.4) is 0 Å². The van der Waals surface area contributed by atoms with Crippen molar-refractivity contribution in [2.24, 2.45) is 34.5 Å². The van der Waals surface area contributed by atoms with E-state index in [1.807, 2.05) is 7.11 Å². The Labute approximate surface area is 141 Å². The van der Waals surface area contributed by atoms with Gasteiger partial charge in [0.05, 0.1) is 5.60 Å². The number of carbonyl (C=O) groups is 1. The minimum atomic E-state index is 0.0723. The lowest BCUT2D eigenvalue weighted by Gasteiger charge is -2.61. The summed E-state index contributed by atoms with van der Waals surface area (Å²) >= 11 is 0. The van der Waals surface area contributed by atoms with Crippen LogP contribution in [0.4, 0.5) is 0 Å². The first kappa shape index (κ1) is 16.1. The molecule has 0 unspecified atom stereocenters. The van der Waals surface area contributed by atoms with E-state index in [4.69, 9.17) is 4.74 Å². The van der Waals surface area contributed by atoms with Crippen molar-refractivity contribution in [1.29, 1.82) is 0 Å². The van der Waals surface area contributed by atoms with Gasteiger partial charge in [0, 0.05) is 20.0 Å². The Balaban J connectivity index is 1.64. The lowest BCUT2D eigenvalue weighted by atomic mass is 9.44. The minimum absolute atomic E-state index is 0.0723. The van der Waals surface area contributed by atoms with Gasteiger partial charge in [0.15, 0.2) is 0 Å². The summed E-state index contributed by atoms with van der Waals surface area (Å²) in [5.74, 6) is 3.76. The van der Waals surface area contributed by atoms with Crippen LogP contribution in [-0.2, 0) is 9.53 Å². The molecule has 0 saturated heterocycles. The predicted molar refractivity (Wildman–Crippen MR) is 92.1 cm³/mol. The number of fused-ring (bicyclic) bond motifs is 5. The molecule has 4 fully saturated rings. The van der Waals surface area contributed by atoms with E-state index in [1.165, 1.54) is 38.5 Å². The monoisotopic (exact) mass is 318 g/mol. The highest BCUT2D eigenvalue weighted by Crippen LogP contribution is 2.68. The molecule has 0 aromatic rings. The molecule has 0 radical (unpaired) electrons. The van der Waals surface area contributed by atoms with Gasteiger partial charge in [-0.25, -0.2) is 0 Å². The van der Waals surface area contributed by atoms with E-state index < -0.39 is 0 Å². The molecule has 0 spiro atoms. The topological polar surface area (TPSA) is 26.3 Å². The number of hydrogen-bond donors (Lipinski definition) is 0. The zero-order valence-electron chi connectivity index (χ0n) is 15.5. The molecule has 0 amide bonds. The molecule has 7 atom stereocenters. The number of Topliss-reactive ketones (excluding diaryl/α,β-unsaturated/α-hetero) is 1. The van der Waals surface area contributed by atoms with Crippen LogP contribution in [0.1, 0.15) is 78.6 Å². The molecular weight excluding hydrogens is 284 g/mol. The highest BCUT2D eigenvalue weighted by atomic mass is 16.5. The Bertz CT molecular complexity index is 514. The molecule has 0 aromatic carbocycles. The second kappa shape index (κ2) is 5.07. The summed E-state index contributed by atoms with van der Waals surface area (Å²) in [4.78, 5) is 12.0. The fourth-order valence-electron chi connectivity index (χ4n) is 7.61. The molecule has 4 rings (SSSR count). The zero-order chi connectivity index (χ0) is 16.5. The third kappa shape index (κ3) is 2.00. The van der Waals surface area contributed by atoms with Crippen molar-refractivity contribution in [2.75, 3.05) is 7.11 Å². The summed E-state index contributed by atoms with van der Waals surface area (Å²) in [6.07, 6.45) is 10.8. The van der Waals surface area contributed by atoms with Gasteiger partial charge in [-0.1, -0.05) is 13.8 Å². The average Bonchev–Trinajstić information content (AvgIpc) is 2.80. The Hall–Kier alpha value is -0.370. The second-order valence-electron chi connectivity index (χ2n) is 9.83. The van der Waals surface area contributed by atoms with Crippen LogP contribution in [0.25, 0.3) is 0 Å². The van der Waals surface area contributed by atoms with Crippen molar-refractivity contribution in [3.63, 3.8) is 0 Å². The molecule has 0 bridgehead atoms. The average molecular weight is 319 g/mol. The molecule has 130 valence electrons. The molecule has 2 nitrogen and oxygen atoms in total. The summed E-state index contributed by atoms with van der Waals surface area (Å²) in [5.41, 5.74) is 0.865. The van der Waals surface area contributed by atoms with E-state index in [2.05, 4.69) is 20.8 Å². The highest BCUT2D eigenvalue weighted by molar-refractivity contribution is 5.79. The Morgan fingerprint density at radius 1 is 0.957 bits per heavy atom. The largest absolute Gasteiger partial charge is 0.378 e. The van der Waals surface area contributed by atoms with Gasteiger partial charge in [0.2, 0.25) is 0 Å². The first-order valence-corrected chi connectivity index (χ1v) is 9.91. The quantitative estimate of drug-likeness (QED) is 0.680. The molecule has 4 saturated carbocycles. The lowest BCUT2D eigenvalue weighted by Crippen LogP contribution is -2.56. The van der Waals surface area contributed by atoms with Crippen LogP contribution >= 0.6 is 0 Å². The van der Waals surface area contributed by atoms with E-state index in [9.17, 15) is 4.79 Å². The smallest absolute Gasteiger partial charge is 0.133 e. The Morgan fingerprint density at radius 2 is 1.70 bits per heavy atom. The number of rotatable bonds is 1. The summed E-state index contributed by atoms with van der Waals surface area (Å²) in [7, 11) is 1.92. The third-order valence-corrected chi connectivity index (χ3v) is 9.46. The molecule has 0 heterocycles. The molecule has 2 heteroatoms. The maximum absolute atomic E-state index is 12.0. The van der Waals surface area contributed by atoms with Gasteiger partial charge in [-0.15, -0.1) is 0 Å². The van der Waals surface area contributed by atoms with Crippen LogP contribution in [-0.4, -0.2) is 18.5 Å². The minimum Gasteiger partial charge on any atom is -0.378 e. The molecule has 23 heavy (non-hydrogen) atoms. The van der Waals surface area contributed by atoms with Gasteiger partial charge in [0.25, 0.3) is 0 Å². The van der Waals surface area contributed by atoms with Gasteiger partial charge in [-0.2, -0.15) is 0 Å². The zero-order valence-corrected chi connectivity index (χ0v) is 15.5. The van der Waals surface area contributed by atoms with E-state index in [0.29, 0.717) is 22.5 Å². The Morgan fingerprint density at radius 3 is 2.43 bits per heavy atom. The Kier molecular flexibility index (Phi) is 3.55. The van der Waals surface area contributed by atoms with Gasteiger partial charge in [0.1, 0.15) is 5.78 Å². The van der Waals surface area contributed by atoms with Crippen LogP contribution in [0.2, 0.25) is 0 Å². The molecular formula is C21H34O2. The maximum atomic E-state index is 12.0. The number of carbonyl (C=O) groups excluding carboxylic acids is 1. The SMILES string of the molecule is CO[C@@]1(C)CC[C@@H]2[C@@H]3CC[C@H]4CC(=O)CC[C@]4(C)[C@H]3CC[C@]21C. The lowest BCUT2D eigenvalue weighted by molar-refractivity contribution is -0.160. The number of ether oxygens (including phenoxy) is 1. The molecule has 0 aromatic heterocycles. The van der Waals surface area contributed by atoms with E-state index in [1.54, 1.807) is 0 Å². The highest BCUT2D eigenvalue weighted by Gasteiger charge is 2.63. The van der Waals surface area contributed by atoms with Crippen molar-refractivity contribution < 1.29 is 9.53 Å². The van der Waals surface area contributed by atoms with Crippen molar-refractivity contribution in [2.45, 2.75) is 84.2 Å². The third-order valence-electron chi connectivity index (χ3n) is 9.46. The second-order valence-corrected chi connectivity index (χ2v) is 9.83. The molecule has 4 aliphatic carbocycles. The van der Waals surface area contributed by atoms with E-state index in [0.717, 1.165) is 37.0 Å². The van der Waals surface area contributed by atoms with Crippen molar-refractivity contribution in [1.82, 2.24) is 0 Å². The van der Waals surface area contributed by atoms with Crippen LogP contribution < -0.4 is 0 Å². The first-order chi connectivity index (χ1) is 10.8. The summed E-state index contributed by atoms with van der Waals surface area (Å²) in [6, 6.07) is 0. The number of ketones is 1. The number of methoxy groups -OCH3 is 1. The van der Waals surface area contributed by atoms with Crippen LogP contribution in [0.5, 0.6) is 0 Å². The normalized spacial score (nSPS) is 55.9. The first-order valence-electron chi connectivity index (χ1n) is 9.91. The van der Waals surface area contributed by atoms with Crippen LogP contribution in [0.15, 0.2) is 0 Å². The van der Waals surface area contributed by atoms with Gasteiger partial charge in [-0.3, -0.25) is 4.79 Å². The van der Waals surface area contributed by atoms with E-state index >= 15 is 0 Å². The molecule has 4 aliphatic rings. The van der Waals surface area contributed by atoms with Crippen molar-refractivity contribution in [3.05, 3.63) is 0 Å². The fraction of sp³-hybridized carbons (Fsp3) is 0.952. The van der Waals surface area contributed by atoms with Crippen molar-refractivity contribution in [3.8, 4) is 0 Å². The maximum Gasteiger partial charge on any atom is 0.133 e. The standard InChI is InChI=1S/C21H34O2/c1-19-10-7-15(22)13-14(19)5-6-16-17(19)8-11-20(2)18(16)9-12-21(20,3)23-4/h14,16-18H,5-13H2,1-4H3/t14-,16+,17-,18+,19-,20+,21-/m0/s1. The predicted octanol–water partition coefficient (Wildman–Crippen LogP) is 5.00.